The fourth-order valence-corrected chi connectivity index (χ4v) is 7.67. The first-order chi connectivity index (χ1) is 8.42. The van der Waals surface area contributed by atoms with Crippen molar-refractivity contribution in [2.75, 3.05) is 38.4 Å². The van der Waals surface area contributed by atoms with Crippen molar-refractivity contribution in [3.63, 3.8) is 0 Å². The Hall–Kier alpha value is 0.610. The summed E-state index contributed by atoms with van der Waals surface area (Å²) in [6.45, 7) is 1.28. The highest BCUT2D eigenvalue weighted by Crippen LogP contribution is 2.68. The summed E-state index contributed by atoms with van der Waals surface area (Å²) in [5.41, 5.74) is 0. The molecule has 0 radical (unpaired) electrons. The molecule has 2 atom stereocenters. The van der Waals surface area contributed by atoms with Crippen molar-refractivity contribution >= 4 is 25.5 Å². The predicted octanol–water partition coefficient (Wildman–Crippen LogP) is 1.40. The van der Waals surface area contributed by atoms with Gasteiger partial charge in [-0.15, -0.1) is 10.3 Å². The van der Waals surface area contributed by atoms with Crippen LogP contribution in [0.25, 0.3) is 0 Å². The lowest BCUT2D eigenvalue weighted by atomic mass is 10.4. The molecule has 116 valence electrons. The van der Waals surface area contributed by atoms with Gasteiger partial charge in [0.2, 0.25) is 0 Å². The first-order valence-corrected chi connectivity index (χ1v) is 12.0. The van der Waals surface area contributed by atoms with Crippen LogP contribution in [0.2, 0.25) is 0 Å². The van der Waals surface area contributed by atoms with Gasteiger partial charge in [-0.1, -0.05) is 0 Å². The van der Waals surface area contributed by atoms with Crippen LogP contribution >= 0.6 is 25.5 Å². The highest BCUT2D eigenvalue weighted by molar-refractivity contribution is 8.30. The lowest BCUT2D eigenvalue weighted by molar-refractivity contribution is 0.300. The summed E-state index contributed by atoms with van der Waals surface area (Å²) in [4.78, 5) is 30.4. The van der Waals surface area contributed by atoms with E-state index in [1.807, 2.05) is 0 Å². The molecule has 1 saturated heterocycles. The Kier molecular flexibility index (Phi) is 5.73. The molecule has 1 heterocycles. The fraction of sp³-hybridized carbons (Fsp3) is 1.00. The average molecular weight is 335 g/mol. The van der Waals surface area contributed by atoms with Gasteiger partial charge < -0.3 is 19.6 Å². The summed E-state index contributed by atoms with van der Waals surface area (Å²) in [5.74, 6) is 0. The van der Waals surface area contributed by atoms with Crippen molar-refractivity contribution in [2.24, 2.45) is 0 Å². The summed E-state index contributed by atoms with van der Waals surface area (Å²) in [5, 5.41) is -1.66. The molecule has 0 saturated carbocycles. The number of hydrogen-bond acceptors (Lipinski definition) is 4. The monoisotopic (exact) mass is 335 g/mol. The van der Waals surface area contributed by atoms with Crippen molar-refractivity contribution in [3.8, 4) is 0 Å². The van der Waals surface area contributed by atoms with Gasteiger partial charge in [0.15, 0.2) is 5.40 Å². The molecule has 19 heavy (non-hydrogen) atoms. The zero-order valence-corrected chi connectivity index (χ0v) is 14.0. The van der Waals surface area contributed by atoms with E-state index in [0.717, 1.165) is 12.8 Å². The second-order valence-corrected chi connectivity index (χ2v) is 13.4. The van der Waals surface area contributed by atoms with Gasteiger partial charge in [-0.3, -0.25) is 13.1 Å². The van der Waals surface area contributed by atoms with Gasteiger partial charge in [0.05, 0.1) is 0 Å². The van der Waals surface area contributed by atoms with E-state index in [1.165, 1.54) is 0 Å². The van der Waals surface area contributed by atoms with Crippen LogP contribution in [0.3, 0.4) is 0 Å². The van der Waals surface area contributed by atoms with Crippen LogP contribution in [-0.2, 0) is 13.1 Å². The third kappa shape index (κ3) is 5.86. The van der Waals surface area contributed by atoms with E-state index in [9.17, 15) is 23.8 Å². The summed E-state index contributed by atoms with van der Waals surface area (Å²) < 4.78 is 28.8. The third-order valence-corrected chi connectivity index (χ3v) is 8.99. The molecule has 1 aliphatic rings. The van der Waals surface area contributed by atoms with Crippen molar-refractivity contribution in [1.29, 1.82) is 0 Å². The fourth-order valence-electron chi connectivity index (χ4n) is 1.97. The molecule has 2 unspecified atom stereocenters. The second kappa shape index (κ2) is 6.16. The predicted molar refractivity (Wildman–Crippen MR) is 77.8 cm³/mol. The van der Waals surface area contributed by atoms with E-state index in [-0.39, 0.29) is 6.54 Å². The molecule has 1 fully saturated rings. The van der Waals surface area contributed by atoms with Gasteiger partial charge in [-0.05, 0) is 44.7 Å². The first-order valence-electron chi connectivity index (χ1n) is 5.91. The minimum absolute atomic E-state index is 0.104. The van der Waals surface area contributed by atoms with Crippen molar-refractivity contribution in [1.82, 2.24) is 4.90 Å². The van der Waals surface area contributed by atoms with Crippen molar-refractivity contribution in [3.05, 3.63) is 0 Å². The van der Waals surface area contributed by atoms with Gasteiger partial charge in [0.1, 0.15) is 0 Å². The summed E-state index contributed by atoms with van der Waals surface area (Å²) in [6, 6.07) is 0. The first kappa shape index (κ1) is 17.7. The molecule has 0 aromatic rings. The largest absolute Gasteiger partial charge is 0.354 e. The average Bonchev–Trinajstić information content (AvgIpc) is 2.59. The van der Waals surface area contributed by atoms with Gasteiger partial charge in [0.25, 0.3) is 0 Å². The molecule has 0 bridgehead atoms. The Labute approximate surface area is 115 Å². The molecular formula is C9H23NO6P2S. The van der Waals surface area contributed by atoms with Crippen LogP contribution in [-0.4, -0.2) is 63.4 Å². The van der Waals surface area contributed by atoms with E-state index in [1.54, 1.807) is 23.7 Å². The number of nitrogens with zero attached hydrogens (tertiary/aromatic N) is 1. The zero-order valence-electron chi connectivity index (χ0n) is 11.4. The molecule has 10 heteroatoms. The molecule has 0 aromatic heterocycles. The number of hydrogen-bond donors (Lipinski definition) is 3. The Morgan fingerprint density at radius 1 is 1.16 bits per heavy atom. The highest BCUT2D eigenvalue weighted by atomic mass is 32.3. The molecule has 3 N–H and O–H groups in total. The maximum atomic E-state index is 12.2. The quantitative estimate of drug-likeness (QED) is 0.630. The van der Waals surface area contributed by atoms with E-state index < -0.39 is 30.9 Å². The number of rotatable bonds is 6. The smallest absolute Gasteiger partial charge is 0.324 e. The molecule has 1 rings (SSSR count). The molecule has 7 nitrogen and oxygen atoms in total. The van der Waals surface area contributed by atoms with Crippen LogP contribution in [0.1, 0.15) is 12.8 Å². The lowest BCUT2D eigenvalue weighted by Crippen LogP contribution is -2.30. The van der Waals surface area contributed by atoms with Gasteiger partial charge in [0, 0.05) is 6.54 Å². The van der Waals surface area contributed by atoms with Crippen LogP contribution in [0.4, 0.5) is 0 Å². The van der Waals surface area contributed by atoms with Gasteiger partial charge >= 0.3 is 15.2 Å². The molecule has 0 spiro atoms. The van der Waals surface area contributed by atoms with E-state index in [0.29, 0.717) is 13.1 Å². The number of likely N-dealkylation sites (tertiary alicyclic amines) is 1. The Bertz CT molecular complexity index is 400. The minimum Gasteiger partial charge on any atom is -0.324 e. The molecule has 0 amide bonds. The summed E-state index contributed by atoms with van der Waals surface area (Å²) >= 11 is 0. The maximum absolute atomic E-state index is 12.2. The van der Waals surface area contributed by atoms with Gasteiger partial charge in [-0.2, -0.15) is 0 Å². The second-order valence-electron chi connectivity index (χ2n) is 5.44. The summed E-state index contributed by atoms with van der Waals surface area (Å²) in [7, 11) is -10.9. The molecular weight excluding hydrogens is 312 g/mol. The maximum Gasteiger partial charge on any atom is 0.354 e. The highest BCUT2D eigenvalue weighted by Gasteiger charge is 2.48. The Morgan fingerprint density at radius 3 is 2.00 bits per heavy atom. The molecule has 0 aliphatic carbocycles. The van der Waals surface area contributed by atoms with E-state index in [2.05, 4.69) is 0 Å². The normalized spacial score (nSPS) is 24.1. The standard InChI is InChI=1S/C9H23NO6P2S/c1-19(2,3)16-18(14,15)9(17(11,12)13)8-10-6-4-5-7-10/h9H,4-8H2,1-3H3,(H,14,15)(H2,11,12,13). The topological polar surface area (TPSA) is 107 Å². The third-order valence-electron chi connectivity index (χ3n) is 2.72. The van der Waals surface area contributed by atoms with Crippen LogP contribution in [0, 0.1) is 0 Å². The summed E-state index contributed by atoms with van der Waals surface area (Å²) in [6.07, 6.45) is 6.84. The van der Waals surface area contributed by atoms with Crippen molar-refractivity contribution < 1.29 is 27.8 Å². The molecule has 1 aliphatic heterocycles. The van der Waals surface area contributed by atoms with Crippen molar-refractivity contribution in [2.45, 2.75) is 18.2 Å². The van der Waals surface area contributed by atoms with E-state index >= 15 is 0 Å². The van der Waals surface area contributed by atoms with E-state index in [4.69, 9.17) is 3.97 Å². The van der Waals surface area contributed by atoms with Crippen LogP contribution in [0.15, 0.2) is 0 Å². The van der Waals surface area contributed by atoms with Crippen LogP contribution in [0.5, 0.6) is 0 Å². The Morgan fingerprint density at radius 2 is 1.63 bits per heavy atom. The minimum atomic E-state index is -4.70. The Balaban J connectivity index is 2.90. The SMILES string of the molecule is CS(C)(C)OP(=O)(O)C(CN1CCCC1)P(=O)(O)O. The molecule has 0 aromatic carbocycles. The zero-order chi connectivity index (χ0) is 14.9. The lowest BCUT2D eigenvalue weighted by Gasteiger charge is -2.33. The van der Waals surface area contributed by atoms with Crippen LogP contribution < -0.4 is 0 Å². The van der Waals surface area contributed by atoms with Gasteiger partial charge in [-0.25, -0.2) is 0 Å².